The highest BCUT2D eigenvalue weighted by Gasteiger charge is 2.54. The van der Waals surface area contributed by atoms with Crippen molar-refractivity contribution in [2.24, 2.45) is 0 Å². The lowest BCUT2D eigenvalue weighted by atomic mass is 10.0. The minimum atomic E-state index is -1.20. The molecule has 0 saturated carbocycles. The molecule has 10 nitrogen and oxygen atoms in total. The van der Waals surface area contributed by atoms with E-state index in [4.69, 9.17) is 4.84 Å². The first-order valence-corrected chi connectivity index (χ1v) is 12.9. The Morgan fingerprint density at radius 3 is 2.85 bits per heavy atom. The van der Waals surface area contributed by atoms with E-state index in [0.717, 1.165) is 9.61 Å². The molecule has 2 amide bonds. The lowest BCUT2D eigenvalue weighted by molar-refractivity contribution is -0.150. The van der Waals surface area contributed by atoms with E-state index < -0.39 is 29.0 Å². The maximum Gasteiger partial charge on any atom is 0.381 e. The van der Waals surface area contributed by atoms with Crippen molar-refractivity contribution in [1.82, 2.24) is 19.9 Å². The Bertz CT molecular complexity index is 1160. The number of nitrogens with one attached hydrogen (secondary N) is 1. The fourth-order valence-corrected chi connectivity index (χ4v) is 6.48. The molecular weight excluding hydrogens is 488 g/mol. The number of hydrogen-bond donors (Lipinski definition) is 2. The van der Waals surface area contributed by atoms with Crippen LogP contribution in [0.25, 0.3) is 0 Å². The Kier molecular flexibility index (Phi) is 7.10. The molecular formula is C20H20N4O6S3. The lowest BCUT2D eigenvalue weighted by Gasteiger charge is -2.49. The Morgan fingerprint density at radius 2 is 2.18 bits per heavy atom. The van der Waals surface area contributed by atoms with E-state index in [0.29, 0.717) is 23.0 Å². The van der Waals surface area contributed by atoms with Crippen molar-refractivity contribution in [1.29, 1.82) is 0 Å². The average Bonchev–Trinajstić information content (AvgIpc) is 3.30. The van der Waals surface area contributed by atoms with Crippen LogP contribution in [-0.4, -0.2) is 67.0 Å². The minimum Gasteiger partial charge on any atom is -0.477 e. The summed E-state index contributed by atoms with van der Waals surface area (Å²) >= 11 is 4.07. The highest BCUT2D eigenvalue weighted by Crippen LogP contribution is 2.41. The Labute approximate surface area is 201 Å². The minimum absolute atomic E-state index is 0.0670. The average molecular weight is 509 g/mol. The van der Waals surface area contributed by atoms with Gasteiger partial charge in [0.1, 0.15) is 28.7 Å². The molecule has 0 spiro atoms. The summed E-state index contributed by atoms with van der Waals surface area (Å²) in [7, 11) is 0. The van der Waals surface area contributed by atoms with Crippen molar-refractivity contribution in [3.8, 4) is 0 Å². The third-order valence-electron chi connectivity index (χ3n) is 4.89. The Morgan fingerprint density at radius 1 is 1.36 bits per heavy atom. The standard InChI is InChI=1S/C20H20N4O6S3/c1-2-30-23-6-5-14(22-20(23)29)32-9-11-10-33-18-15(17(26)24(18)16(11)19(27)28)21-13(25)8-12-4-3-7-31-12/h3-7,15,18H,2,8-10H2,1H3,(H,21,25)(H,27,28)/t15-,18-/m1/s1. The van der Waals surface area contributed by atoms with Crippen LogP contribution < -0.4 is 15.8 Å². The molecule has 33 heavy (non-hydrogen) atoms. The SMILES string of the molecule is CCOn1ccc(SCC2=C(C(=O)O)N3C(=O)[C@@H](NC(=O)Cc4cccs4)[C@H]3SC2)nc1=O. The van der Waals surface area contributed by atoms with E-state index in [1.165, 1.54) is 46.0 Å². The normalized spacial score (nSPS) is 19.7. The summed E-state index contributed by atoms with van der Waals surface area (Å²) in [5, 5.41) is 14.4. The predicted molar refractivity (Wildman–Crippen MR) is 124 cm³/mol. The molecule has 13 heteroatoms. The quantitative estimate of drug-likeness (QED) is 0.287. The zero-order valence-electron chi connectivity index (χ0n) is 17.4. The van der Waals surface area contributed by atoms with Gasteiger partial charge in [-0.15, -0.1) is 39.6 Å². The van der Waals surface area contributed by atoms with Crippen LogP contribution in [0.15, 0.2) is 50.9 Å². The van der Waals surface area contributed by atoms with Gasteiger partial charge in [0, 0.05) is 16.4 Å². The van der Waals surface area contributed by atoms with Gasteiger partial charge in [-0.05, 0) is 30.0 Å². The highest BCUT2D eigenvalue weighted by molar-refractivity contribution is 8.01. The predicted octanol–water partition coefficient (Wildman–Crippen LogP) is 0.827. The van der Waals surface area contributed by atoms with Gasteiger partial charge in [0.25, 0.3) is 5.91 Å². The molecule has 0 aliphatic carbocycles. The van der Waals surface area contributed by atoms with Gasteiger partial charge in [-0.25, -0.2) is 9.59 Å². The molecule has 2 aromatic heterocycles. The number of β-lactam (4-membered cyclic amide) rings is 1. The molecule has 2 aliphatic rings. The molecule has 4 rings (SSSR count). The maximum absolute atomic E-state index is 12.7. The summed E-state index contributed by atoms with van der Waals surface area (Å²) in [5.41, 5.74) is -0.0738. The van der Waals surface area contributed by atoms with E-state index in [-0.39, 0.29) is 23.8 Å². The van der Waals surface area contributed by atoms with E-state index in [2.05, 4.69) is 10.3 Å². The van der Waals surface area contributed by atoms with Gasteiger partial charge in [-0.3, -0.25) is 14.5 Å². The van der Waals surface area contributed by atoms with Crippen LogP contribution in [0.2, 0.25) is 0 Å². The summed E-state index contributed by atoms with van der Waals surface area (Å²) in [6, 6.07) is 4.55. The zero-order valence-corrected chi connectivity index (χ0v) is 19.9. The number of fused-ring (bicyclic) bond motifs is 1. The molecule has 0 radical (unpaired) electrons. The van der Waals surface area contributed by atoms with Crippen LogP contribution in [0.4, 0.5) is 0 Å². The zero-order chi connectivity index (χ0) is 23.5. The first-order chi connectivity index (χ1) is 15.9. The number of hydrogen-bond acceptors (Lipinski definition) is 9. The van der Waals surface area contributed by atoms with Crippen LogP contribution >= 0.6 is 34.9 Å². The summed E-state index contributed by atoms with van der Waals surface area (Å²) in [6.07, 6.45) is 1.64. The van der Waals surface area contributed by atoms with Crippen molar-refractivity contribution < 1.29 is 24.3 Å². The number of nitrogens with zero attached hydrogens (tertiary/aromatic N) is 3. The van der Waals surface area contributed by atoms with Crippen LogP contribution in [0.5, 0.6) is 0 Å². The Balaban J connectivity index is 1.43. The van der Waals surface area contributed by atoms with E-state index in [9.17, 15) is 24.3 Å². The van der Waals surface area contributed by atoms with Crippen LogP contribution in [0, 0.1) is 0 Å². The molecule has 2 aliphatic heterocycles. The molecule has 0 bridgehead atoms. The lowest BCUT2D eigenvalue weighted by Crippen LogP contribution is -2.70. The van der Waals surface area contributed by atoms with Gasteiger partial charge < -0.3 is 15.3 Å². The molecule has 2 atom stereocenters. The van der Waals surface area contributed by atoms with Gasteiger partial charge in [-0.2, -0.15) is 4.98 Å². The maximum atomic E-state index is 12.7. The number of rotatable bonds is 9. The fourth-order valence-electron chi connectivity index (χ4n) is 3.45. The Hall–Kier alpha value is -2.77. The smallest absolute Gasteiger partial charge is 0.381 e. The number of carboxylic acid groups (broad SMARTS) is 1. The van der Waals surface area contributed by atoms with Crippen molar-refractivity contribution >= 4 is 52.6 Å². The molecule has 2 N–H and O–H groups in total. The van der Waals surface area contributed by atoms with Gasteiger partial charge in [0.2, 0.25) is 5.91 Å². The van der Waals surface area contributed by atoms with Crippen LogP contribution in [0.1, 0.15) is 11.8 Å². The topological polar surface area (TPSA) is 131 Å². The van der Waals surface area contributed by atoms with Gasteiger partial charge in [0.15, 0.2) is 0 Å². The number of thioether (sulfide) groups is 2. The number of aliphatic carboxylic acids is 1. The van der Waals surface area contributed by atoms with Crippen LogP contribution in [0.3, 0.4) is 0 Å². The van der Waals surface area contributed by atoms with E-state index in [1.807, 2.05) is 17.5 Å². The third kappa shape index (κ3) is 4.94. The second-order valence-electron chi connectivity index (χ2n) is 7.05. The highest BCUT2D eigenvalue weighted by atomic mass is 32.2. The molecule has 1 saturated heterocycles. The van der Waals surface area contributed by atoms with Crippen LogP contribution in [-0.2, 0) is 20.8 Å². The van der Waals surface area contributed by atoms with Gasteiger partial charge in [-0.1, -0.05) is 6.07 Å². The number of carbonyl (C=O) groups excluding carboxylic acids is 2. The summed E-state index contributed by atoms with van der Waals surface area (Å²) in [6.45, 7) is 2.07. The number of carboxylic acids is 1. The number of amides is 2. The largest absolute Gasteiger partial charge is 0.477 e. The summed E-state index contributed by atoms with van der Waals surface area (Å²) in [5.74, 6) is -1.27. The monoisotopic (exact) mass is 508 g/mol. The van der Waals surface area contributed by atoms with Gasteiger partial charge >= 0.3 is 11.7 Å². The molecule has 174 valence electrons. The molecule has 0 aromatic carbocycles. The van der Waals surface area contributed by atoms with E-state index in [1.54, 1.807) is 13.0 Å². The van der Waals surface area contributed by atoms with Crippen molar-refractivity contribution in [3.05, 3.63) is 56.4 Å². The van der Waals surface area contributed by atoms with E-state index >= 15 is 0 Å². The fraction of sp³-hybridized carbons (Fsp3) is 0.350. The summed E-state index contributed by atoms with van der Waals surface area (Å²) < 4.78 is 1.03. The number of thiophene rings is 1. The molecule has 1 fully saturated rings. The third-order valence-corrected chi connectivity index (χ3v) is 8.12. The summed E-state index contributed by atoms with van der Waals surface area (Å²) in [4.78, 5) is 60.1. The van der Waals surface area contributed by atoms with Crippen molar-refractivity contribution in [2.45, 2.75) is 29.8 Å². The first-order valence-electron chi connectivity index (χ1n) is 9.96. The number of carbonyl (C=O) groups is 3. The second kappa shape index (κ2) is 10.0. The molecule has 2 aromatic rings. The molecule has 0 unspecified atom stereocenters. The number of aromatic nitrogens is 2. The first kappa shape index (κ1) is 23.4. The van der Waals surface area contributed by atoms with Gasteiger partial charge in [0.05, 0.1) is 12.6 Å². The molecule has 4 heterocycles. The van der Waals surface area contributed by atoms with Crippen molar-refractivity contribution in [3.63, 3.8) is 0 Å². The second-order valence-corrected chi connectivity index (χ2v) is 10.2. The van der Waals surface area contributed by atoms with Crippen molar-refractivity contribution in [2.75, 3.05) is 18.1 Å².